The van der Waals surface area contributed by atoms with Gasteiger partial charge in [-0.05, 0) is 101 Å². The van der Waals surface area contributed by atoms with Crippen molar-refractivity contribution in [3.05, 3.63) is 82.4 Å². The van der Waals surface area contributed by atoms with Gasteiger partial charge in [0.15, 0.2) is 5.65 Å². The van der Waals surface area contributed by atoms with Crippen molar-refractivity contribution in [3.8, 4) is 11.1 Å². The average molecular weight is 721 g/mol. The lowest BCUT2D eigenvalue weighted by Gasteiger charge is -2.40. The van der Waals surface area contributed by atoms with Crippen LogP contribution in [0.3, 0.4) is 0 Å². The van der Waals surface area contributed by atoms with E-state index in [1.165, 1.54) is 32.2 Å². The van der Waals surface area contributed by atoms with Crippen LogP contribution in [0.2, 0.25) is 0 Å². The van der Waals surface area contributed by atoms with E-state index in [9.17, 15) is 23.1 Å². The maximum atomic E-state index is 16.1. The van der Waals surface area contributed by atoms with Gasteiger partial charge in [-0.15, -0.1) is 0 Å². The van der Waals surface area contributed by atoms with E-state index >= 15 is 4.39 Å². The number of ether oxygens (including phenoxy) is 2. The van der Waals surface area contributed by atoms with Gasteiger partial charge in [-0.3, -0.25) is 9.69 Å². The molecule has 2 aromatic heterocycles. The SMILES string of the molecule is CCc1c(F)n(S(=O)(=O)c2ccc(C)cc2)c2ncc(-c3cc4c(c([C@@H]5COCCN5C(=O)OC(C)(C)C)c3)CN(C(=O)C(C)(C)O)CC4)cc12. The summed E-state index contributed by atoms with van der Waals surface area (Å²) in [6, 6.07) is 11.4. The van der Waals surface area contributed by atoms with Crippen LogP contribution in [0.1, 0.15) is 75.4 Å². The van der Waals surface area contributed by atoms with E-state index in [4.69, 9.17) is 9.47 Å². The number of morpholine rings is 1. The van der Waals surface area contributed by atoms with Gasteiger partial charge < -0.3 is 19.5 Å². The lowest BCUT2D eigenvalue weighted by Crippen LogP contribution is -2.48. The van der Waals surface area contributed by atoms with E-state index in [1.807, 2.05) is 19.1 Å². The van der Waals surface area contributed by atoms with E-state index in [0.717, 1.165) is 27.8 Å². The number of benzene rings is 2. The predicted molar refractivity (Wildman–Crippen MR) is 190 cm³/mol. The van der Waals surface area contributed by atoms with Gasteiger partial charge in [-0.25, -0.2) is 18.2 Å². The van der Waals surface area contributed by atoms with Crippen LogP contribution in [0.4, 0.5) is 9.18 Å². The lowest BCUT2D eigenvalue weighted by molar-refractivity contribution is -0.148. The molecule has 0 unspecified atom stereocenters. The number of pyridine rings is 1. The van der Waals surface area contributed by atoms with E-state index < -0.39 is 45.2 Å². The second-order valence-corrected chi connectivity index (χ2v) is 16.6. The summed E-state index contributed by atoms with van der Waals surface area (Å²) in [7, 11) is -4.30. The second kappa shape index (κ2) is 13.3. The molecule has 0 radical (unpaired) electrons. The number of hydrogen-bond acceptors (Lipinski definition) is 8. The molecule has 11 nitrogen and oxygen atoms in total. The van der Waals surface area contributed by atoms with E-state index in [1.54, 1.807) is 55.7 Å². The summed E-state index contributed by atoms with van der Waals surface area (Å²) in [5, 5.41) is 10.9. The van der Waals surface area contributed by atoms with Crippen LogP contribution >= 0.6 is 0 Å². The zero-order valence-corrected chi connectivity index (χ0v) is 30.9. The number of carbonyl (C=O) groups is 2. The molecule has 2 aliphatic heterocycles. The Balaban J connectivity index is 1.50. The largest absolute Gasteiger partial charge is 0.444 e. The Hall–Kier alpha value is -4.33. The molecule has 1 saturated heterocycles. The molecule has 51 heavy (non-hydrogen) atoms. The molecule has 2 aromatic carbocycles. The summed E-state index contributed by atoms with van der Waals surface area (Å²) in [4.78, 5) is 34.5. The summed E-state index contributed by atoms with van der Waals surface area (Å²) < 4.78 is 55.9. The van der Waals surface area contributed by atoms with Crippen molar-refractivity contribution in [3.63, 3.8) is 0 Å². The van der Waals surface area contributed by atoms with Crippen molar-refractivity contribution in [2.45, 2.75) is 90.0 Å². The third-order valence-corrected chi connectivity index (χ3v) is 11.0. The van der Waals surface area contributed by atoms with Crippen LogP contribution in [0.25, 0.3) is 22.2 Å². The van der Waals surface area contributed by atoms with Crippen LogP contribution in [0.15, 0.2) is 53.6 Å². The Morgan fingerprint density at radius 2 is 1.76 bits per heavy atom. The van der Waals surface area contributed by atoms with Gasteiger partial charge in [0, 0.05) is 42.3 Å². The van der Waals surface area contributed by atoms with Gasteiger partial charge in [0.05, 0.1) is 24.2 Å². The molecule has 1 fully saturated rings. The Kier molecular flexibility index (Phi) is 9.53. The van der Waals surface area contributed by atoms with Gasteiger partial charge in [-0.2, -0.15) is 8.36 Å². The van der Waals surface area contributed by atoms with Crippen molar-refractivity contribution in [2.24, 2.45) is 0 Å². The highest BCUT2D eigenvalue weighted by atomic mass is 32.2. The number of fused-ring (bicyclic) bond motifs is 2. The number of rotatable bonds is 6. The maximum absolute atomic E-state index is 16.1. The lowest BCUT2D eigenvalue weighted by atomic mass is 9.86. The fourth-order valence-electron chi connectivity index (χ4n) is 6.82. The smallest absolute Gasteiger partial charge is 0.410 e. The molecule has 6 rings (SSSR count). The minimum Gasteiger partial charge on any atom is -0.444 e. The Morgan fingerprint density at radius 1 is 1.06 bits per heavy atom. The fraction of sp³-hybridized carbons (Fsp3) is 0.447. The number of aliphatic hydroxyl groups is 1. The molecular weight excluding hydrogens is 676 g/mol. The monoisotopic (exact) mass is 720 g/mol. The Bertz CT molecular complexity index is 2110. The molecule has 4 aromatic rings. The molecule has 272 valence electrons. The summed E-state index contributed by atoms with van der Waals surface area (Å²) in [6.07, 6.45) is 1.75. The average Bonchev–Trinajstić information content (AvgIpc) is 3.36. The molecule has 1 atom stereocenters. The molecule has 2 amide bonds. The Labute approximate surface area is 298 Å². The normalized spacial score (nSPS) is 17.1. The molecule has 0 aliphatic carbocycles. The van der Waals surface area contributed by atoms with Crippen molar-refractivity contribution in [1.29, 1.82) is 0 Å². The highest BCUT2D eigenvalue weighted by molar-refractivity contribution is 7.90. The number of amides is 2. The van der Waals surface area contributed by atoms with E-state index in [2.05, 4.69) is 4.98 Å². The number of nitrogens with zero attached hydrogens (tertiary/aromatic N) is 4. The third kappa shape index (κ3) is 6.98. The quantitative estimate of drug-likeness (QED) is 0.260. The standard InChI is InChI=1S/C38H45FN4O7S/c1-8-28-30-19-26(20-40-34(30)43(33(28)39)51(47,48)27-11-9-23(2)10-12-27)25-17-24-13-14-41(35(44)38(6,7)46)21-31(24)29(18-25)32-22-49-16-15-42(32)36(45)50-37(3,4)5/h9-12,17-20,32,46H,8,13-16,21-22H2,1-7H3/t32-/m0/s1. The van der Waals surface area contributed by atoms with Crippen LogP contribution in [0, 0.1) is 12.9 Å². The van der Waals surface area contributed by atoms with Gasteiger partial charge in [0.25, 0.3) is 15.9 Å². The molecule has 1 N–H and O–H groups in total. The first-order valence-electron chi connectivity index (χ1n) is 17.2. The van der Waals surface area contributed by atoms with Gasteiger partial charge in [0.2, 0.25) is 5.95 Å². The van der Waals surface area contributed by atoms with Crippen LogP contribution in [-0.4, -0.2) is 81.8 Å². The first kappa shape index (κ1) is 36.5. The van der Waals surface area contributed by atoms with Gasteiger partial charge in [0.1, 0.15) is 11.2 Å². The second-order valence-electron chi connectivity index (χ2n) is 14.8. The molecule has 0 bridgehead atoms. The van der Waals surface area contributed by atoms with Gasteiger partial charge in [-0.1, -0.05) is 30.7 Å². The van der Waals surface area contributed by atoms with E-state index in [0.29, 0.717) is 41.0 Å². The predicted octanol–water partition coefficient (Wildman–Crippen LogP) is 5.91. The minimum atomic E-state index is -4.30. The number of aromatic nitrogens is 2. The zero-order chi connectivity index (χ0) is 37.0. The highest BCUT2D eigenvalue weighted by Crippen LogP contribution is 2.39. The Morgan fingerprint density at radius 3 is 2.41 bits per heavy atom. The first-order valence-corrected chi connectivity index (χ1v) is 18.6. The molecule has 0 spiro atoms. The minimum absolute atomic E-state index is 0.00980. The van der Waals surface area contributed by atoms with Crippen LogP contribution in [0.5, 0.6) is 0 Å². The van der Waals surface area contributed by atoms with Crippen LogP contribution in [-0.2, 0) is 43.7 Å². The van der Waals surface area contributed by atoms with Crippen molar-refractivity contribution in [1.82, 2.24) is 18.8 Å². The molecule has 0 saturated carbocycles. The number of hydrogen-bond donors (Lipinski definition) is 1. The third-order valence-electron chi connectivity index (χ3n) is 9.36. The number of halogens is 1. The zero-order valence-electron chi connectivity index (χ0n) is 30.1. The first-order chi connectivity index (χ1) is 23.9. The summed E-state index contributed by atoms with van der Waals surface area (Å²) in [5.41, 5.74) is 2.69. The maximum Gasteiger partial charge on any atom is 0.410 e. The fourth-order valence-corrected chi connectivity index (χ4v) is 8.20. The molecule has 2 aliphatic rings. The summed E-state index contributed by atoms with van der Waals surface area (Å²) in [5.74, 6) is -1.28. The molecule has 4 heterocycles. The van der Waals surface area contributed by atoms with Crippen LogP contribution < -0.4 is 0 Å². The van der Waals surface area contributed by atoms with E-state index in [-0.39, 0.29) is 35.7 Å². The highest BCUT2D eigenvalue weighted by Gasteiger charge is 2.38. The summed E-state index contributed by atoms with van der Waals surface area (Å²) in [6.45, 7) is 13.3. The van der Waals surface area contributed by atoms with Gasteiger partial charge >= 0.3 is 6.09 Å². The molecular formula is C38H45FN4O7S. The number of aryl methyl sites for hydroxylation is 2. The molecule has 13 heteroatoms. The van der Waals surface area contributed by atoms with Crippen molar-refractivity contribution >= 4 is 33.1 Å². The number of carbonyl (C=O) groups excluding carboxylic acids is 2. The topological polar surface area (TPSA) is 131 Å². The summed E-state index contributed by atoms with van der Waals surface area (Å²) >= 11 is 0. The van der Waals surface area contributed by atoms with Crippen molar-refractivity contribution < 1.29 is 37.0 Å². The van der Waals surface area contributed by atoms with Crippen molar-refractivity contribution in [2.75, 3.05) is 26.3 Å².